The molecule has 0 aromatic carbocycles. The first-order valence-electron chi connectivity index (χ1n) is 3.03. The van der Waals surface area contributed by atoms with Gasteiger partial charge < -0.3 is 5.11 Å². The number of unbranched alkanes of at least 4 members (excludes halogenated alkanes) is 1. The third-order valence-electron chi connectivity index (χ3n) is 1.02. The molecule has 49 valence electrons. The average Bonchev–Trinajstić information content (AvgIpc) is 1.66. The lowest BCUT2D eigenvalue weighted by Gasteiger charge is -1.99. The highest BCUT2D eigenvalue weighted by atomic mass is 16.3. The van der Waals surface area contributed by atoms with Crippen LogP contribution < -0.4 is 0 Å². The van der Waals surface area contributed by atoms with Crippen LogP contribution in [0.3, 0.4) is 0 Å². The molecular formula is C6H13O2. The monoisotopic (exact) mass is 117 g/mol. The molecular weight excluding hydrogens is 104 g/mol. The van der Waals surface area contributed by atoms with E-state index in [9.17, 15) is 5.11 Å². The normalized spacial score (nSPS) is 13.9. The van der Waals surface area contributed by atoms with Crippen molar-refractivity contribution in [3.05, 3.63) is 0 Å². The van der Waals surface area contributed by atoms with Gasteiger partial charge in [-0.2, -0.15) is 0 Å². The van der Waals surface area contributed by atoms with E-state index < -0.39 is 0 Å². The van der Waals surface area contributed by atoms with Crippen molar-refractivity contribution >= 4 is 0 Å². The molecule has 0 aliphatic heterocycles. The smallest absolute Gasteiger partial charge is 0.0822 e. The zero-order valence-electron chi connectivity index (χ0n) is 5.26. The zero-order valence-corrected chi connectivity index (χ0v) is 5.26. The molecule has 0 spiro atoms. The molecule has 0 rings (SSSR count). The van der Waals surface area contributed by atoms with Crippen molar-refractivity contribution in [1.29, 1.82) is 0 Å². The largest absolute Gasteiger partial charge is 0.393 e. The highest BCUT2D eigenvalue weighted by Gasteiger charge is 1.92. The minimum atomic E-state index is -0.235. The number of hydrogen-bond donors (Lipinski definition) is 1. The van der Waals surface area contributed by atoms with Gasteiger partial charge in [0.1, 0.15) is 0 Å². The summed E-state index contributed by atoms with van der Waals surface area (Å²) in [5, 5.41) is 18.5. The Kier molecular flexibility index (Phi) is 5.01. The highest BCUT2D eigenvalue weighted by molar-refractivity contribution is 4.45. The molecule has 0 aromatic heterocycles. The van der Waals surface area contributed by atoms with Crippen molar-refractivity contribution in [3.63, 3.8) is 0 Å². The van der Waals surface area contributed by atoms with E-state index in [1.165, 1.54) is 0 Å². The maximum absolute atomic E-state index is 9.83. The first-order chi connectivity index (χ1) is 3.77. The lowest BCUT2D eigenvalue weighted by atomic mass is 10.2. The number of hydrogen-bond acceptors (Lipinski definition) is 1. The molecule has 2 nitrogen and oxygen atoms in total. The molecule has 0 fully saturated rings. The number of aliphatic hydroxyl groups excluding tert-OH is 1. The lowest BCUT2D eigenvalue weighted by Crippen LogP contribution is -1.98. The second-order valence-corrected chi connectivity index (χ2v) is 2.05. The van der Waals surface area contributed by atoms with Crippen LogP contribution in [0.5, 0.6) is 0 Å². The van der Waals surface area contributed by atoms with E-state index in [-0.39, 0.29) is 12.7 Å². The van der Waals surface area contributed by atoms with Crippen molar-refractivity contribution in [2.24, 2.45) is 0 Å². The standard InChI is InChI=1S/C6H13O2/c1-6(8)4-2-3-5-7/h6,8H,2-5H2,1H3. The summed E-state index contributed by atoms with van der Waals surface area (Å²) in [6.07, 6.45) is 2.09. The van der Waals surface area contributed by atoms with Crippen LogP contribution in [0.15, 0.2) is 0 Å². The van der Waals surface area contributed by atoms with Crippen molar-refractivity contribution in [3.8, 4) is 0 Å². The molecule has 1 atom stereocenters. The second kappa shape index (κ2) is 5.06. The maximum atomic E-state index is 9.83. The van der Waals surface area contributed by atoms with Gasteiger partial charge in [-0.25, -0.2) is 5.11 Å². The van der Waals surface area contributed by atoms with Gasteiger partial charge in [-0.3, -0.25) is 0 Å². The number of aliphatic hydroxyl groups is 1. The predicted molar refractivity (Wildman–Crippen MR) is 31.1 cm³/mol. The number of rotatable bonds is 4. The summed E-state index contributed by atoms with van der Waals surface area (Å²) in [6.45, 7) is 1.73. The Morgan fingerprint density at radius 2 is 2.12 bits per heavy atom. The van der Waals surface area contributed by atoms with E-state index in [0.717, 1.165) is 12.8 Å². The quantitative estimate of drug-likeness (QED) is 0.547. The van der Waals surface area contributed by atoms with Crippen LogP contribution in [0.25, 0.3) is 0 Å². The molecule has 0 bridgehead atoms. The first-order valence-corrected chi connectivity index (χ1v) is 3.03. The fourth-order valence-electron chi connectivity index (χ4n) is 0.542. The molecule has 8 heavy (non-hydrogen) atoms. The van der Waals surface area contributed by atoms with E-state index in [2.05, 4.69) is 0 Å². The zero-order chi connectivity index (χ0) is 6.41. The van der Waals surface area contributed by atoms with Gasteiger partial charge in [-0.1, -0.05) is 0 Å². The molecule has 0 saturated heterocycles. The lowest BCUT2D eigenvalue weighted by molar-refractivity contribution is 0.159. The Bertz CT molecular complexity index is 43.8. The Balaban J connectivity index is 2.72. The third kappa shape index (κ3) is 5.92. The summed E-state index contributed by atoms with van der Waals surface area (Å²) < 4.78 is 0. The van der Waals surface area contributed by atoms with E-state index in [4.69, 9.17) is 5.11 Å². The Morgan fingerprint density at radius 1 is 1.50 bits per heavy atom. The molecule has 1 N–H and O–H groups in total. The molecule has 2 heteroatoms. The predicted octanol–water partition coefficient (Wildman–Crippen LogP) is 0.968. The topological polar surface area (TPSA) is 40.1 Å². The minimum absolute atomic E-state index is 0.00722. The van der Waals surface area contributed by atoms with Gasteiger partial charge in [0, 0.05) is 0 Å². The summed E-state index contributed by atoms with van der Waals surface area (Å²) in [4.78, 5) is 0. The molecule has 0 saturated carbocycles. The fraction of sp³-hybridized carbons (Fsp3) is 1.00. The Hall–Kier alpha value is -0.0800. The van der Waals surface area contributed by atoms with Crippen LogP contribution in [0.1, 0.15) is 26.2 Å². The summed E-state index contributed by atoms with van der Waals surface area (Å²) in [6, 6.07) is 0. The van der Waals surface area contributed by atoms with Crippen LogP contribution in [-0.2, 0) is 5.11 Å². The van der Waals surface area contributed by atoms with Gasteiger partial charge in [0.05, 0.1) is 12.7 Å². The van der Waals surface area contributed by atoms with Crippen LogP contribution in [0, 0.1) is 0 Å². The van der Waals surface area contributed by atoms with Gasteiger partial charge >= 0.3 is 0 Å². The first kappa shape index (κ1) is 7.92. The highest BCUT2D eigenvalue weighted by Crippen LogP contribution is 1.97. The molecule has 0 amide bonds. The summed E-state index contributed by atoms with van der Waals surface area (Å²) in [5.41, 5.74) is 0. The van der Waals surface area contributed by atoms with Crippen LogP contribution in [0.4, 0.5) is 0 Å². The van der Waals surface area contributed by atoms with Crippen LogP contribution in [-0.4, -0.2) is 17.8 Å². The van der Waals surface area contributed by atoms with Crippen molar-refractivity contribution < 1.29 is 10.2 Å². The van der Waals surface area contributed by atoms with E-state index >= 15 is 0 Å². The van der Waals surface area contributed by atoms with Gasteiger partial charge in [-0.05, 0) is 26.2 Å². The van der Waals surface area contributed by atoms with Gasteiger partial charge in [-0.15, -0.1) is 0 Å². The van der Waals surface area contributed by atoms with Gasteiger partial charge in [0.25, 0.3) is 0 Å². The third-order valence-corrected chi connectivity index (χ3v) is 1.02. The van der Waals surface area contributed by atoms with E-state index in [1.54, 1.807) is 6.92 Å². The SMILES string of the molecule is CC(O)CCCC[O]. The molecule has 1 unspecified atom stereocenters. The summed E-state index contributed by atoms with van der Waals surface area (Å²) in [5.74, 6) is 0. The van der Waals surface area contributed by atoms with E-state index in [1.807, 2.05) is 0 Å². The van der Waals surface area contributed by atoms with E-state index in [0.29, 0.717) is 6.42 Å². The molecule has 0 aliphatic rings. The molecule has 0 heterocycles. The average molecular weight is 117 g/mol. The minimum Gasteiger partial charge on any atom is -0.393 e. The van der Waals surface area contributed by atoms with Crippen molar-refractivity contribution in [2.75, 3.05) is 6.61 Å². The molecule has 0 aliphatic carbocycles. The molecule has 0 aromatic rings. The summed E-state index contributed by atoms with van der Waals surface area (Å²) in [7, 11) is 0. The maximum Gasteiger partial charge on any atom is 0.0822 e. The Labute approximate surface area is 50.2 Å². The fourth-order valence-corrected chi connectivity index (χ4v) is 0.542. The van der Waals surface area contributed by atoms with Crippen molar-refractivity contribution in [1.82, 2.24) is 0 Å². The van der Waals surface area contributed by atoms with Gasteiger partial charge in [0.15, 0.2) is 0 Å². The van der Waals surface area contributed by atoms with Crippen LogP contribution in [0.2, 0.25) is 0 Å². The second-order valence-electron chi connectivity index (χ2n) is 2.05. The van der Waals surface area contributed by atoms with Gasteiger partial charge in [0.2, 0.25) is 0 Å². The Morgan fingerprint density at radius 3 is 2.50 bits per heavy atom. The summed E-state index contributed by atoms with van der Waals surface area (Å²) >= 11 is 0. The molecule has 1 radical (unpaired) electrons. The van der Waals surface area contributed by atoms with Crippen molar-refractivity contribution in [2.45, 2.75) is 32.3 Å². The van der Waals surface area contributed by atoms with Crippen LogP contribution >= 0.6 is 0 Å².